The Morgan fingerprint density at radius 1 is 1.05 bits per heavy atom. The van der Waals surface area contributed by atoms with E-state index in [1.54, 1.807) is 0 Å². The van der Waals surface area contributed by atoms with Crippen LogP contribution in [0.4, 0.5) is 8.78 Å². The molecule has 2 aromatic rings. The number of benzene rings is 2. The predicted molar refractivity (Wildman–Crippen MR) is 76.4 cm³/mol. The lowest BCUT2D eigenvalue weighted by molar-refractivity contribution is 0.558. The summed E-state index contributed by atoms with van der Waals surface area (Å²) in [7, 11) is -3.94. The van der Waals surface area contributed by atoms with E-state index in [-0.39, 0.29) is 12.5 Å². The molecule has 0 aliphatic carbocycles. The van der Waals surface area contributed by atoms with Crippen molar-refractivity contribution in [2.24, 2.45) is 0 Å². The highest BCUT2D eigenvalue weighted by molar-refractivity contribution is 7.89. The standard InChI is InChI=1S/C15H15F2NO2S/c1-11(12-5-3-2-4-6-12)10-18-21(19,20)15-8-13(16)7-14(17)9-15/h2-9,11,18H,10H2,1H3/t11-/m0/s1. The van der Waals surface area contributed by atoms with Crippen LogP contribution in [0.5, 0.6) is 0 Å². The summed E-state index contributed by atoms with van der Waals surface area (Å²) in [5.74, 6) is -1.91. The Kier molecular flexibility index (Phi) is 4.69. The number of sulfonamides is 1. The van der Waals surface area contributed by atoms with E-state index in [9.17, 15) is 17.2 Å². The molecule has 0 aliphatic rings. The number of rotatable bonds is 5. The Balaban J connectivity index is 2.11. The molecule has 0 amide bonds. The van der Waals surface area contributed by atoms with Crippen LogP contribution in [-0.4, -0.2) is 15.0 Å². The van der Waals surface area contributed by atoms with Crippen LogP contribution in [-0.2, 0) is 10.0 Å². The first-order chi connectivity index (χ1) is 9.88. The minimum Gasteiger partial charge on any atom is -0.211 e. The van der Waals surface area contributed by atoms with Gasteiger partial charge in [0.15, 0.2) is 0 Å². The van der Waals surface area contributed by atoms with Crippen LogP contribution in [0.2, 0.25) is 0 Å². The van der Waals surface area contributed by atoms with Gasteiger partial charge in [-0.25, -0.2) is 21.9 Å². The van der Waals surface area contributed by atoms with Crippen molar-refractivity contribution < 1.29 is 17.2 Å². The van der Waals surface area contributed by atoms with Gasteiger partial charge in [0, 0.05) is 12.6 Å². The van der Waals surface area contributed by atoms with E-state index in [1.807, 2.05) is 37.3 Å². The summed E-state index contributed by atoms with van der Waals surface area (Å²) in [4.78, 5) is -0.416. The van der Waals surface area contributed by atoms with Gasteiger partial charge < -0.3 is 0 Å². The van der Waals surface area contributed by atoms with E-state index in [1.165, 1.54) is 0 Å². The molecular weight excluding hydrogens is 296 g/mol. The molecule has 0 saturated heterocycles. The number of nitrogens with one attached hydrogen (secondary N) is 1. The second-order valence-corrected chi connectivity index (χ2v) is 6.54. The average molecular weight is 311 g/mol. The SMILES string of the molecule is C[C@@H](CNS(=O)(=O)c1cc(F)cc(F)c1)c1ccccc1. The summed E-state index contributed by atoms with van der Waals surface area (Å²) < 4.78 is 52.6. The van der Waals surface area contributed by atoms with Gasteiger partial charge in [0.1, 0.15) is 11.6 Å². The molecule has 2 rings (SSSR count). The summed E-state index contributed by atoms with van der Waals surface area (Å²) in [5.41, 5.74) is 0.977. The van der Waals surface area contributed by atoms with Gasteiger partial charge in [0.2, 0.25) is 10.0 Å². The van der Waals surface area contributed by atoms with Crippen LogP contribution >= 0.6 is 0 Å². The molecule has 21 heavy (non-hydrogen) atoms. The van der Waals surface area contributed by atoms with Crippen molar-refractivity contribution in [3.63, 3.8) is 0 Å². The van der Waals surface area contributed by atoms with Crippen LogP contribution in [0.25, 0.3) is 0 Å². The van der Waals surface area contributed by atoms with Crippen molar-refractivity contribution in [3.8, 4) is 0 Å². The lowest BCUT2D eigenvalue weighted by atomic mass is 10.0. The van der Waals surface area contributed by atoms with Crippen LogP contribution in [0.1, 0.15) is 18.4 Å². The van der Waals surface area contributed by atoms with Crippen molar-refractivity contribution in [1.82, 2.24) is 4.72 Å². The second-order valence-electron chi connectivity index (χ2n) is 4.77. The zero-order valence-corrected chi connectivity index (χ0v) is 12.2. The minimum atomic E-state index is -3.94. The summed E-state index contributed by atoms with van der Waals surface area (Å²) in [6.45, 7) is 2.01. The second kappa shape index (κ2) is 6.32. The van der Waals surface area contributed by atoms with E-state index in [2.05, 4.69) is 4.72 Å². The molecule has 0 heterocycles. The quantitative estimate of drug-likeness (QED) is 0.922. The zero-order chi connectivity index (χ0) is 15.5. The molecular formula is C15H15F2NO2S. The minimum absolute atomic E-state index is 0.0561. The Morgan fingerprint density at radius 3 is 2.19 bits per heavy atom. The van der Waals surface area contributed by atoms with Crippen LogP contribution in [0, 0.1) is 11.6 Å². The zero-order valence-electron chi connectivity index (χ0n) is 11.4. The fraction of sp³-hybridized carbons (Fsp3) is 0.200. The van der Waals surface area contributed by atoms with E-state index in [0.717, 1.165) is 17.7 Å². The third-order valence-electron chi connectivity index (χ3n) is 3.09. The van der Waals surface area contributed by atoms with Gasteiger partial charge in [-0.3, -0.25) is 0 Å². The molecule has 2 aromatic carbocycles. The van der Waals surface area contributed by atoms with Crippen molar-refractivity contribution >= 4 is 10.0 Å². The first kappa shape index (κ1) is 15.6. The molecule has 3 nitrogen and oxygen atoms in total. The third-order valence-corrected chi connectivity index (χ3v) is 4.50. The predicted octanol–water partition coefficient (Wildman–Crippen LogP) is 3.05. The van der Waals surface area contributed by atoms with Crippen molar-refractivity contribution in [1.29, 1.82) is 0 Å². The Labute approximate surface area is 122 Å². The molecule has 0 radical (unpaired) electrons. The molecule has 0 bridgehead atoms. The van der Waals surface area contributed by atoms with E-state index >= 15 is 0 Å². The van der Waals surface area contributed by atoms with Crippen LogP contribution < -0.4 is 4.72 Å². The third kappa shape index (κ3) is 4.09. The number of halogens is 2. The van der Waals surface area contributed by atoms with Crippen molar-refractivity contribution in [3.05, 3.63) is 65.7 Å². The van der Waals surface area contributed by atoms with Gasteiger partial charge in [-0.05, 0) is 23.6 Å². The van der Waals surface area contributed by atoms with Gasteiger partial charge in [0.05, 0.1) is 4.90 Å². The maximum atomic E-state index is 13.1. The topological polar surface area (TPSA) is 46.2 Å². The molecule has 0 aliphatic heterocycles. The smallest absolute Gasteiger partial charge is 0.211 e. The molecule has 0 fully saturated rings. The van der Waals surface area contributed by atoms with Gasteiger partial charge in [0.25, 0.3) is 0 Å². The van der Waals surface area contributed by atoms with Crippen LogP contribution in [0.3, 0.4) is 0 Å². The van der Waals surface area contributed by atoms with E-state index in [4.69, 9.17) is 0 Å². The average Bonchev–Trinajstić information content (AvgIpc) is 2.45. The van der Waals surface area contributed by atoms with Crippen molar-refractivity contribution in [2.45, 2.75) is 17.7 Å². The first-order valence-electron chi connectivity index (χ1n) is 6.39. The Morgan fingerprint density at radius 2 is 1.62 bits per heavy atom. The fourth-order valence-corrected chi connectivity index (χ4v) is 3.07. The molecule has 6 heteroatoms. The molecule has 0 unspecified atom stereocenters. The molecule has 1 N–H and O–H groups in total. The molecule has 0 saturated carbocycles. The normalized spacial score (nSPS) is 13.1. The number of hydrogen-bond donors (Lipinski definition) is 1. The highest BCUT2D eigenvalue weighted by atomic mass is 32.2. The monoisotopic (exact) mass is 311 g/mol. The van der Waals surface area contributed by atoms with Gasteiger partial charge in [-0.15, -0.1) is 0 Å². The number of hydrogen-bond acceptors (Lipinski definition) is 2. The summed E-state index contributed by atoms with van der Waals surface area (Å²) in [5, 5.41) is 0. The maximum absolute atomic E-state index is 13.1. The highest BCUT2D eigenvalue weighted by Crippen LogP contribution is 2.16. The lowest BCUT2D eigenvalue weighted by Gasteiger charge is -2.13. The molecule has 0 aromatic heterocycles. The lowest BCUT2D eigenvalue weighted by Crippen LogP contribution is -2.28. The highest BCUT2D eigenvalue weighted by Gasteiger charge is 2.17. The van der Waals surface area contributed by atoms with Gasteiger partial charge >= 0.3 is 0 Å². The first-order valence-corrected chi connectivity index (χ1v) is 7.87. The fourth-order valence-electron chi connectivity index (χ4n) is 1.90. The van der Waals surface area contributed by atoms with Gasteiger partial charge in [-0.1, -0.05) is 37.3 Å². The summed E-state index contributed by atoms with van der Waals surface area (Å²) >= 11 is 0. The van der Waals surface area contributed by atoms with E-state index < -0.39 is 26.6 Å². The molecule has 112 valence electrons. The maximum Gasteiger partial charge on any atom is 0.240 e. The molecule has 1 atom stereocenters. The molecule has 0 spiro atoms. The Hall–Kier alpha value is -1.79. The van der Waals surface area contributed by atoms with Crippen molar-refractivity contribution in [2.75, 3.05) is 6.54 Å². The Bertz CT molecular complexity index is 697. The largest absolute Gasteiger partial charge is 0.240 e. The van der Waals surface area contributed by atoms with Gasteiger partial charge in [-0.2, -0.15) is 0 Å². The summed E-state index contributed by atoms with van der Waals surface area (Å²) in [6, 6.07) is 11.6. The summed E-state index contributed by atoms with van der Waals surface area (Å²) in [6.07, 6.45) is 0. The van der Waals surface area contributed by atoms with E-state index in [0.29, 0.717) is 6.07 Å². The van der Waals surface area contributed by atoms with Crippen LogP contribution in [0.15, 0.2) is 53.4 Å².